The normalized spacial score (nSPS) is 9.67. The second-order valence-corrected chi connectivity index (χ2v) is 2.30. The molecule has 0 saturated heterocycles. The molecular formula is C6H10N4O2. The fourth-order valence-corrected chi connectivity index (χ4v) is 0.806. The minimum atomic E-state index is -1.03. The van der Waals surface area contributed by atoms with Gasteiger partial charge in [0.25, 0.3) is 0 Å². The average Bonchev–Trinajstić information content (AvgIpc) is 2.35. The lowest BCUT2D eigenvalue weighted by Gasteiger charge is -1.95. The smallest absolute Gasteiger partial charge is 0.404 e. The van der Waals surface area contributed by atoms with Crippen LogP contribution in [0.4, 0.5) is 10.6 Å². The van der Waals surface area contributed by atoms with Crippen molar-refractivity contribution in [3.8, 4) is 0 Å². The fraction of sp³-hybridized carbons (Fsp3) is 0.333. The molecule has 1 amide bonds. The molecule has 0 aliphatic heterocycles. The van der Waals surface area contributed by atoms with Crippen molar-refractivity contribution in [2.24, 2.45) is 0 Å². The van der Waals surface area contributed by atoms with E-state index in [0.29, 0.717) is 18.8 Å². The maximum atomic E-state index is 10.0. The molecule has 1 heterocycles. The van der Waals surface area contributed by atoms with Gasteiger partial charge >= 0.3 is 6.09 Å². The van der Waals surface area contributed by atoms with Gasteiger partial charge in [-0.1, -0.05) is 0 Å². The largest absolute Gasteiger partial charge is 0.465 e. The number of carboxylic acid groups (broad SMARTS) is 1. The van der Waals surface area contributed by atoms with E-state index in [1.807, 2.05) is 0 Å². The van der Waals surface area contributed by atoms with Crippen molar-refractivity contribution in [1.29, 1.82) is 0 Å². The van der Waals surface area contributed by atoms with Gasteiger partial charge in [0.2, 0.25) is 0 Å². The average molecular weight is 170 g/mol. The van der Waals surface area contributed by atoms with Crippen LogP contribution in [-0.4, -0.2) is 27.9 Å². The first kappa shape index (κ1) is 8.38. The Hall–Kier alpha value is -1.72. The number of carbonyl (C=O) groups is 1. The molecule has 6 heteroatoms. The third-order valence-electron chi connectivity index (χ3n) is 1.31. The molecule has 0 aliphatic carbocycles. The highest BCUT2D eigenvalue weighted by Crippen LogP contribution is 1.99. The molecule has 0 fully saturated rings. The SMILES string of the molecule is Nc1cc(CCNC(=O)O)n[nH]1. The molecule has 0 bridgehead atoms. The van der Waals surface area contributed by atoms with Crippen LogP contribution in [0.1, 0.15) is 5.69 Å². The van der Waals surface area contributed by atoms with Crippen molar-refractivity contribution in [2.75, 3.05) is 12.3 Å². The monoisotopic (exact) mass is 170 g/mol. The van der Waals surface area contributed by atoms with Gasteiger partial charge in [0, 0.05) is 19.0 Å². The summed E-state index contributed by atoms with van der Waals surface area (Å²) in [6.45, 7) is 0.347. The predicted octanol–water partition coefficient (Wildman–Crippen LogP) is -0.198. The lowest BCUT2D eigenvalue weighted by atomic mass is 10.3. The summed E-state index contributed by atoms with van der Waals surface area (Å²) in [5.41, 5.74) is 6.11. The highest BCUT2D eigenvalue weighted by Gasteiger charge is 1.98. The minimum Gasteiger partial charge on any atom is -0.465 e. The summed E-state index contributed by atoms with van der Waals surface area (Å²) in [7, 11) is 0. The van der Waals surface area contributed by atoms with Gasteiger partial charge in [-0.25, -0.2) is 4.79 Å². The molecule has 0 aliphatic rings. The van der Waals surface area contributed by atoms with Crippen molar-refractivity contribution in [2.45, 2.75) is 6.42 Å². The topological polar surface area (TPSA) is 104 Å². The Labute approximate surface area is 68.8 Å². The first-order valence-corrected chi connectivity index (χ1v) is 3.45. The third kappa shape index (κ3) is 2.49. The Morgan fingerprint density at radius 1 is 1.83 bits per heavy atom. The van der Waals surface area contributed by atoms with Gasteiger partial charge in [-0.05, 0) is 0 Å². The number of rotatable bonds is 3. The lowest BCUT2D eigenvalue weighted by Crippen LogP contribution is -2.23. The van der Waals surface area contributed by atoms with E-state index in [4.69, 9.17) is 10.8 Å². The summed E-state index contributed by atoms with van der Waals surface area (Å²) in [6.07, 6.45) is -0.487. The molecule has 0 radical (unpaired) electrons. The van der Waals surface area contributed by atoms with E-state index in [2.05, 4.69) is 15.5 Å². The van der Waals surface area contributed by atoms with Crippen molar-refractivity contribution >= 4 is 11.9 Å². The number of anilines is 1. The third-order valence-corrected chi connectivity index (χ3v) is 1.31. The number of aromatic nitrogens is 2. The molecule has 0 aromatic carbocycles. The summed E-state index contributed by atoms with van der Waals surface area (Å²) in [5.74, 6) is 0.486. The standard InChI is InChI=1S/C6H10N4O2/c7-5-3-4(9-10-5)1-2-8-6(11)12/h3,8H,1-2H2,(H,11,12)(H3,7,9,10). The molecule has 66 valence electrons. The number of nitrogen functional groups attached to an aromatic ring is 1. The number of amides is 1. The number of aromatic amines is 1. The van der Waals surface area contributed by atoms with Crippen LogP contribution < -0.4 is 11.1 Å². The number of nitrogens with one attached hydrogen (secondary N) is 2. The number of nitrogens with two attached hydrogens (primary N) is 1. The lowest BCUT2D eigenvalue weighted by molar-refractivity contribution is 0.194. The molecule has 6 nitrogen and oxygen atoms in total. The zero-order valence-electron chi connectivity index (χ0n) is 6.37. The maximum absolute atomic E-state index is 10.0. The zero-order valence-corrected chi connectivity index (χ0v) is 6.37. The van der Waals surface area contributed by atoms with Crippen molar-refractivity contribution in [3.05, 3.63) is 11.8 Å². The number of nitrogens with zero attached hydrogens (tertiary/aromatic N) is 1. The molecule has 0 saturated carbocycles. The Balaban J connectivity index is 2.29. The molecule has 0 atom stereocenters. The van der Waals surface area contributed by atoms with Crippen molar-refractivity contribution in [3.63, 3.8) is 0 Å². The van der Waals surface area contributed by atoms with Crippen LogP contribution in [0.3, 0.4) is 0 Å². The molecular weight excluding hydrogens is 160 g/mol. The van der Waals surface area contributed by atoms with Crippen LogP contribution in [0.25, 0.3) is 0 Å². The van der Waals surface area contributed by atoms with Crippen molar-refractivity contribution in [1.82, 2.24) is 15.5 Å². The summed E-state index contributed by atoms with van der Waals surface area (Å²) in [6, 6.07) is 1.67. The maximum Gasteiger partial charge on any atom is 0.404 e. The molecule has 0 spiro atoms. The quantitative estimate of drug-likeness (QED) is 0.504. The summed E-state index contributed by atoms with van der Waals surface area (Å²) < 4.78 is 0. The van der Waals surface area contributed by atoms with Gasteiger partial charge < -0.3 is 16.2 Å². The molecule has 1 rings (SSSR count). The van der Waals surface area contributed by atoms with Crippen LogP contribution in [0.5, 0.6) is 0 Å². The highest BCUT2D eigenvalue weighted by molar-refractivity contribution is 5.64. The van der Waals surface area contributed by atoms with E-state index in [1.165, 1.54) is 0 Å². The fourth-order valence-electron chi connectivity index (χ4n) is 0.806. The van der Waals surface area contributed by atoms with Gasteiger partial charge in [0.1, 0.15) is 5.82 Å². The van der Waals surface area contributed by atoms with E-state index >= 15 is 0 Å². The molecule has 1 aromatic heterocycles. The van der Waals surface area contributed by atoms with Gasteiger partial charge in [-0.15, -0.1) is 0 Å². The Morgan fingerprint density at radius 3 is 3.08 bits per heavy atom. The van der Waals surface area contributed by atoms with E-state index in [-0.39, 0.29) is 0 Å². The van der Waals surface area contributed by atoms with Gasteiger partial charge in [0.05, 0.1) is 5.69 Å². The van der Waals surface area contributed by atoms with Crippen LogP contribution in [0, 0.1) is 0 Å². The van der Waals surface area contributed by atoms with Gasteiger partial charge in [0.15, 0.2) is 0 Å². The molecule has 12 heavy (non-hydrogen) atoms. The van der Waals surface area contributed by atoms with Crippen molar-refractivity contribution < 1.29 is 9.90 Å². The predicted molar refractivity (Wildman–Crippen MR) is 42.7 cm³/mol. The number of H-pyrrole nitrogens is 1. The Morgan fingerprint density at radius 2 is 2.58 bits per heavy atom. The molecule has 0 unspecified atom stereocenters. The van der Waals surface area contributed by atoms with E-state index in [0.717, 1.165) is 5.69 Å². The number of hydrogen-bond acceptors (Lipinski definition) is 3. The van der Waals surface area contributed by atoms with E-state index in [1.54, 1.807) is 6.07 Å². The number of hydrogen-bond donors (Lipinski definition) is 4. The Kier molecular flexibility index (Phi) is 2.52. The van der Waals surface area contributed by atoms with Gasteiger partial charge in [-0.2, -0.15) is 5.10 Å². The summed E-state index contributed by atoms with van der Waals surface area (Å²) >= 11 is 0. The molecule has 1 aromatic rings. The minimum absolute atomic E-state index is 0.347. The second kappa shape index (κ2) is 3.61. The Bertz CT molecular complexity index is 270. The highest BCUT2D eigenvalue weighted by atomic mass is 16.4. The van der Waals surface area contributed by atoms with E-state index in [9.17, 15) is 4.79 Å². The summed E-state index contributed by atoms with van der Waals surface area (Å²) in [4.78, 5) is 10.0. The molecule has 5 N–H and O–H groups in total. The van der Waals surface area contributed by atoms with E-state index < -0.39 is 6.09 Å². The van der Waals surface area contributed by atoms with Crippen LogP contribution in [-0.2, 0) is 6.42 Å². The summed E-state index contributed by atoms with van der Waals surface area (Å²) in [5, 5.41) is 16.8. The first-order valence-electron chi connectivity index (χ1n) is 3.45. The van der Waals surface area contributed by atoms with Gasteiger partial charge in [-0.3, -0.25) is 5.10 Å². The second-order valence-electron chi connectivity index (χ2n) is 2.30. The van der Waals surface area contributed by atoms with Crippen LogP contribution in [0.2, 0.25) is 0 Å². The zero-order chi connectivity index (χ0) is 8.97. The van der Waals surface area contributed by atoms with Crippen LogP contribution >= 0.6 is 0 Å². The van der Waals surface area contributed by atoms with Crippen LogP contribution in [0.15, 0.2) is 6.07 Å². The first-order chi connectivity index (χ1) is 5.68.